The van der Waals surface area contributed by atoms with E-state index in [0.29, 0.717) is 26.1 Å². The van der Waals surface area contributed by atoms with E-state index in [4.69, 9.17) is 4.74 Å². The first-order valence-corrected chi connectivity index (χ1v) is 9.12. The van der Waals surface area contributed by atoms with E-state index in [-0.39, 0.29) is 11.7 Å². The summed E-state index contributed by atoms with van der Waals surface area (Å²) < 4.78 is 19.2. The maximum atomic E-state index is 13.6. The van der Waals surface area contributed by atoms with Gasteiger partial charge in [-0.15, -0.1) is 0 Å². The lowest BCUT2D eigenvalue weighted by Crippen LogP contribution is -2.35. The molecule has 0 aliphatic carbocycles. The van der Waals surface area contributed by atoms with Gasteiger partial charge in [-0.25, -0.2) is 4.39 Å². The second-order valence-corrected chi connectivity index (χ2v) is 6.62. The Bertz CT molecular complexity index is 978. The highest BCUT2D eigenvalue weighted by Gasteiger charge is 2.19. The summed E-state index contributed by atoms with van der Waals surface area (Å²) in [5.41, 5.74) is 3.09. The number of H-pyrrole nitrogens is 1. The highest BCUT2D eigenvalue weighted by atomic mass is 19.1. The molecule has 0 saturated carbocycles. The molecule has 2 heterocycles. The summed E-state index contributed by atoms with van der Waals surface area (Å²) in [4.78, 5) is 17.4. The van der Waals surface area contributed by atoms with Gasteiger partial charge in [-0.1, -0.05) is 24.3 Å². The van der Waals surface area contributed by atoms with Crippen LogP contribution in [-0.2, 0) is 4.79 Å². The molecule has 4 rings (SSSR count). The predicted molar refractivity (Wildman–Crippen MR) is 104 cm³/mol. The summed E-state index contributed by atoms with van der Waals surface area (Å²) >= 11 is 0. The van der Waals surface area contributed by atoms with Crippen LogP contribution in [0.15, 0.2) is 60.8 Å². The van der Waals surface area contributed by atoms with Crippen LogP contribution in [0.25, 0.3) is 16.5 Å². The van der Waals surface area contributed by atoms with Crippen LogP contribution >= 0.6 is 0 Å². The van der Waals surface area contributed by atoms with Crippen LogP contribution in [0.4, 0.5) is 4.39 Å². The van der Waals surface area contributed by atoms with Crippen molar-refractivity contribution in [3.8, 4) is 5.75 Å². The van der Waals surface area contributed by atoms with Crippen LogP contribution in [-0.4, -0.2) is 35.5 Å². The number of benzene rings is 2. The van der Waals surface area contributed by atoms with Crippen LogP contribution in [0.5, 0.6) is 5.75 Å². The third-order valence-electron chi connectivity index (χ3n) is 4.88. The van der Waals surface area contributed by atoms with Gasteiger partial charge in [0.05, 0.1) is 13.0 Å². The molecule has 4 nitrogen and oxygen atoms in total. The van der Waals surface area contributed by atoms with E-state index in [9.17, 15) is 9.18 Å². The minimum Gasteiger partial charge on any atom is -0.493 e. The smallest absolute Gasteiger partial charge is 0.226 e. The maximum Gasteiger partial charge on any atom is 0.226 e. The molecule has 3 aromatic rings. The Kier molecular flexibility index (Phi) is 4.92. The number of nitrogens with one attached hydrogen (secondary N) is 1. The van der Waals surface area contributed by atoms with Gasteiger partial charge >= 0.3 is 0 Å². The molecule has 1 N–H and O–H groups in total. The van der Waals surface area contributed by atoms with E-state index in [0.717, 1.165) is 34.2 Å². The molecule has 0 radical (unpaired) electrons. The number of hydrogen-bond donors (Lipinski definition) is 1. The van der Waals surface area contributed by atoms with Gasteiger partial charge in [-0.2, -0.15) is 0 Å². The second kappa shape index (κ2) is 7.66. The summed E-state index contributed by atoms with van der Waals surface area (Å²) in [6.07, 6.45) is 5.10. The number of aromatic amines is 1. The molecule has 0 saturated heterocycles. The van der Waals surface area contributed by atoms with Gasteiger partial charge in [0.2, 0.25) is 5.91 Å². The minimum absolute atomic E-state index is 0.0891. The van der Waals surface area contributed by atoms with Gasteiger partial charge < -0.3 is 14.6 Å². The molecule has 138 valence electrons. The van der Waals surface area contributed by atoms with Crippen molar-refractivity contribution in [1.82, 2.24) is 9.88 Å². The minimum atomic E-state index is -0.241. The lowest BCUT2D eigenvalue weighted by Gasteiger charge is -2.26. The maximum absolute atomic E-state index is 13.6. The summed E-state index contributed by atoms with van der Waals surface area (Å²) in [7, 11) is 0. The average molecular weight is 364 g/mol. The summed E-state index contributed by atoms with van der Waals surface area (Å²) in [5.74, 6) is 0.624. The Morgan fingerprint density at radius 1 is 1.19 bits per heavy atom. The molecule has 1 aliphatic rings. The normalized spacial score (nSPS) is 14.3. The number of carbonyl (C=O) groups excluding carboxylic acids is 1. The molecule has 0 unspecified atom stereocenters. The van der Waals surface area contributed by atoms with E-state index in [1.165, 1.54) is 6.07 Å². The Balaban J connectivity index is 1.36. The molecule has 1 aliphatic heterocycles. The summed E-state index contributed by atoms with van der Waals surface area (Å²) in [6.45, 7) is 1.61. The monoisotopic (exact) mass is 364 g/mol. The molecule has 27 heavy (non-hydrogen) atoms. The zero-order valence-corrected chi connectivity index (χ0v) is 15.0. The summed E-state index contributed by atoms with van der Waals surface area (Å²) in [5, 5.41) is 0.886. The van der Waals surface area contributed by atoms with Crippen LogP contribution in [0.3, 0.4) is 0 Å². The first-order valence-electron chi connectivity index (χ1n) is 9.12. The van der Waals surface area contributed by atoms with Crippen molar-refractivity contribution >= 4 is 22.4 Å². The van der Waals surface area contributed by atoms with Gasteiger partial charge in [0.25, 0.3) is 0 Å². The van der Waals surface area contributed by atoms with Gasteiger partial charge in [0.15, 0.2) is 0 Å². The second-order valence-electron chi connectivity index (χ2n) is 6.62. The number of para-hydroxylation sites is 1. The van der Waals surface area contributed by atoms with Crippen LogP contribution in [0.2, 0.25) is 0 Å². The van der Waals surface area contributed by atoms with Crippen molar-refractivity contribution in [1.29, 1.82) is 0 Å². The first kappa shape index (κ1) is 17.3. The number of fused-ring (bicyclic) bond motifs is 1. The summed E-state index contributed by atoms with van der Waals surface area (Å²) in [6, 6.07) is 14.3. The number of nitrogens with zero attached hydrogens (tertiary/aromatic N) is 1. The molecule has 0 bridgehead atoms. The van der Waals surface area contributed by atoms with E-state index < -0.39 is 0 Å². The molecule has 5 heteroatoms. The topological polar surface area (TPSA) is 45.3 Å². The highest BCUT2D eigenvalue weighted by molar-refractivity contribution is 5.93. The Morgan fingerprint density at radius 2 is 2.04 bits per heavy atom. The van der Waals surface area contributed by atoms with E-state index in [1.54, 1.807) is 12.1 Å². The van der Waals surface area contributed by atoms with E-state index in [1.807, 2.05) is 41.4 Å². The van der Waals surface area contributed by atoms with Crippen molar-refractivity contribution in [2.24, 2.45) is 0 Å². The zero-order valence-electron chi connectivity index (χ0n) is 15.0. The SMILES string of the molecule is O=C(CCOc1ccccc1)N1CC=C(c2c[nH]c3ccc(F)cc23)CC1. The number of hydrogen-bond acceptors (Lipinski definition) is 2. The van der Waals surface area contributed by atoms with Gasteiger partial charge in [-0.05, 0) is 42.3 Å². The third-order valence-corrected chi connectivity index (χ3v) is 4.88. The quantitative estimate of drug-likeness (QED) is 0.730. The van der Waals surface area contributed by atoms with Gasteiger partial charge in [-0.3, -0.25) is 4.79 Å². The standard InChI is InChI=1S/C22H21FN2O2/c23-17-6-7-21-19(14-17)20(15-24-21)16-8-11-25(12-9-16)22(26)10-13-27-18-4-2-1-3-5-18/h1-8,14-15,24H,9-13H2. The number of carbonyl (C=O) groups is 1. The van der Waals surface area contributed by atoms with Crippen molar-refractivity contribution in [3.05, 3.63) is 72.2 Å². The molecular weight excluding hydrogens is 343 g/mol. The van der Waals surface area contributed by atoms with Crippen LogP contribution in [0, 0.1) is 5.82 Å². The van der Waals surface area contributed by atoms with Crippen molar-refractivity contribution in [2.45, 2.75) is 12.8 Å². The van der Waals surface area contributed by atoms with E-state index >= 15 is 0 Å². The van der Waals surface area contributed by atoms with Crippen LogP contribution < -0.4 is 4.74 Å². The van der Waals surface area contributed by atoms with Crippen molar-refractivity contribution < 1.29 is 13.9 Å². The molecule has 1 amide bonds. The lowest BCUT2D eigenvalue weighted by molar-refractivity contribution is -0.131. The molecule has 1 aromatic heterocycles. The molecule has 0 spiro atoms. The molecule has 0 fully saturated rings. The Hall–Kier alpha value is -3.08. The fourth-order valence-electron chi connectivity index (χ4n) is 3.43. The molecule has 0 atom stereocenters. The third kappa shape index (κ3) is 3.87. The first-order chi connectivity index (χ1) is 13.2. The number of aromatic nitrogens is 1. The Morgan fingerprint density at radius 3 is 2.81 bits per heavy atom. The van der Waals surface area contributed by atoms with Gasteiger partial charge in [0, 0.05) is 35.8 Å². The zero-order chi connectivity index (χ0) is 18.6. The van der Waals surface area contributed by atoms with Crippen molar-refractivity contribution in [2.75, 3.05) is 19.7 Å². The van der Waals surface area contributed by atoms with Crippen molar-refractivity contribution in [3.63, 3.8) is 0 Å². The number of rotatable bonds is 5. The number of amides is 1. The molecule has 2 aromatic carbocycles. The van der Waals surface area contributed by atoms with E-state index in [2.05, 4.69) is 11.1 Å². The Labute approximate surface area is 157 Å². The average Bonchev–Trinajstić information content (AvgIpc) is 3.12. The largest absolute Gasteiger partial charge is 0.493 e. The fourth-order valence-corrected chi connectivity index (χ4v) is 3.43. The molecular formula is C22H21FN2O2. The predicted octanol–water partition coefficient (Wildman–Crippen LogP) is 4.39. The van der Waals surface area contributed by atoms with Crippen LogP contribution in [0.1, 0.15) is 18.4 Å². The number of halogens is 1. The van der Waals surface area contributed by atoms with Gasteiger partial charge in [0.1, 0.15) is 11.6 Å². The fraction of sp³-hybridized carbons (Fsp3) is 0.227. The number of ether oxygens (including phenoxy) is 1. The lowest BCUT2D eigenvalue weighted by atomic mass is 9.98. The highest BCUT2D eigenvalue weighted by Crippen LogP contribution is 2.29.